The molecular formula is C40H60N8O7Si. The number of ether oxygens (including phenoxy) is 4. The Labute approximate surface area is 332 Å². The van der Waals surface area contributed by atoms with Gasteiger partial charge in [-0.3, -0.25) is 10.2 Å². The summed E-state index contributed by atoms with van der Waals surface area (Å²) < 4.78 is 24.6. The van der Waals surface area contributed by atoms with E-state index in [4.69, 9.17) is 28.8 Å². The quantitative estimate of drug-likeness (QED) is 0.0553. The zero-order valence-corrected chi connectivity index (χ0v) is 35.9. The fraction of sp³-hybridized carbons (Fsp3) is 0.500. The molecular weight excluding hydrogens is 733 g/mol. The van der Waals surface area contributed by atoms with Gasteiger partial charge in [-0.1, -0.05) is 37.8 Å². The third-order valence-electron chi connectivity index (χ3n) is 8.72. The van der Waals surface area contributed by atoms with E-state index in [1.807, 2.05) is 51.5 Å². The second-order valence-electron chi connectivity index (χ2n) is 15.9. The van der Waals surface area contributed by atoms with Crippen LogP contribution in [0.4, 0.5) is 32.6 Å². The molecule has 16 heteroatoms. The Morgan fingerprint density at radius 2 is 1.68 bits per heavy atom. The molecule has 0 aliphatic rings. The van der Waals surface area contributed by atoms with Crippen LogP contribution < -0.4 is 20.3 Å². The molecule has 2 aromatic heterocycles. The Morgan fingerprint density at radius 3 is 2.39 bits per heavy atom. The molecule has 56 heavy (non-hydrogen) atoms. The summed E-state index contributed by atoms with van der Waals surface area (Å²) in [4.78, 5) is 44.1. The highest BCUT2D eigenvalue weighted by Gasteiger charge is 2.21. The summed E-state index contributed by atoms with van der Waals surface area (Å²) in [6.07, 6.45) is 2.70. The number of nitrogens with one attached hydrogen (secondary N) is 2. The van der Waals surface area contributed by atoms with Gasteiger partial charge in [0.25, 0.3) is 0 Å². The van der Waals surface area contributed by atoms with Crippen LogP contribution in [0.1, 0.15) is 20.8 Å². The van der Waals surface area contributed by atoms with Gasteiger partial charge in [0.2, 0.25) is 5.95 Å². The summed E-state index contributed by atoms with van der Waals surface area (Å²) in [6.45, 7) is 15.5. The van der Waals surface area contributed by atoms with Crippen LogP contribution in [0.2, 0.25) is 25.7 Å². The smallest absolute Gasteiger partial charge is 0.434 e. The van der Waals surface area contributed by atoms with Crippen LogP contribution in [0.5, 0.6) is 5.75 Å². The first-order chi connectivity index (χ1) is 26.4. The SMILES string of the molecule is COc1cc(N(C)CCN(C)CCOCCON(C)C(=O)OC(C)(C)C)c(NC(=O)OCC[Si](C)(C)C)cc1Nc1nccc(-c2cn(C)c3ccccc23)n1. The number of rotatable bonds is 19. The highest BCUT2D eigenvalue weighted by molar-refractivity contribution is 6.76. The number of hydrogen-bond acceptors (Lipinski definition) is 12. The molecule has 2 amide bonds. The summed E-state index contributed by atoms with van der Waals surface area (Å²) in [6, 6.07) is 14.6. The van der Waals surface area contributed by atoms with Gasteiger partial charge in [-0.25, -0.2) is 19.6 Å². The lowest BCUT2D eigenvalue weighted by Crippen LogP contribution is -2.35. The summed E-state index contributed by atoms with van der Waals surface area (Å²) in [5.41, 5.74) is 4.14. The van der Waals surface area contributed by atoms with E-state index >= 15 is 0 Å². The molecule has 4 aromatic rings. The van der Waals surface area contributed by atoms with Crippen molar-refractivity contribution in [3.05, 3.63) is 54.9 Å². The normalized spacial score (nSPS) is 11.8. The van der Waals surface area contributed by atoms with Crippen molar-refractivity contribution < 1.29 is 33.4 Å². The Morgan fingerprint density at radius 1 is 0.929 bits per heavy atom. The van der Waals surface area contributed by atoms with E-state index < -0.39 is 25.9 Å². The summed E-state index contributed by atoms with van der Waals surface area (Å²) in [5, 5.41) is 8.47. The van der Waals surface area contributed by atoms with Crippen LogP contribution in [-0.2, 0) is 26.1 Å². The van der Waals surface area contributed by atoms with Crippen molar-refractivity contribution in [3.63, 3.8) is 0 Å². The van der Waals surface area contributed by atoms with E-state index in [1.165, 1.54) is 7.05 Å². The average Bonchev–Trinajstić information content (AvgIpc) is 3.47. The molecule has 0 aliphatic heterocycles. The van der Waals surface area contributed by atoms with Gasteiger partial charge in [0, 0.05) is 83.8 Å². The number of fused-ring (bicyclic) bond motifs is 1. The third-order valence-corrected chi connectivity index (χ3v) is 10.4. The topological polar surface area (TPSA) is 145 Å². The number of carbonyl (C=O) groups is 2. The van der Waals surface area contributed by atoms with Crippen molar-refractivity contribution in [2.45, 2.75) is 52.1 Å². The van der Waals surface area contributed by atoms with E-state index in [1.54, 1.807) is 34.1 Å². The van der Waals surface area contributed by atoms with E-state index in [2.05, 4.69) is 68.0 Å². The maximum Gasteiger partial charge on any atom is 0.434 e. The van der Waals surface area contributed by atoms with Gasteiger partial charge in [0.15, 0.2) is 0 Å². The lowest BCUT2D eigenvalue weighted by molar-refractivity contribution is -0.142. The molecule has 306 valence electrons. The standard InChI is InChI=1S/C40H60N8O7Si/c1-40(2,3)55-39(50)48(7)54-23-22-52-21-20-45(4)18-19-46(5)35-27-36(51-8)33(26-32(35)44-38(49)53-24-25-56(9,10)11)43-37-41-17-16-31(42-37)30-28-47(6)34-15-13-12-14-29(30)34/h12-17,26-28H,18-25H2,1-11H3,(H,44,49)(H,41,42,43). The van der Waals surface area contributed by atoms with Crippen molar-refractivity contribution in [1.82, 2.24) is 24.5 Å². The van der Waals surface area contributed by atoms with Gasteiger partial charge in [0.05, 0.1) is 56.3 Å². The van der Waals surface area contributed by atoms with Gasteiger partial charge in [-0.05, 0) is 52.1 Å². The number of para-hydroxylation sites is 1. The molecule has 0 saturated carbocycles. The lowest BCUT2D eigenvalue weighted by Gasteiger charge is -2.27. The maximum atomic E-state index is 13.1. The minimum Gasteiger partial charge on any atom is -0.494 e. The molecule has 0 unspecified atom stereocenters. The molecule has 2 heterocycles. The molecule has 0 aliphatic carbocycles. The van der Waals surface area contributed by atoms with Crippen molar-refractivity contribution >= 4 is 54.2 Å². The number of aryl methyl sites for hydroxylation is 1. The minimum atomic E-state index is -1.40. The third kappa shape index (κ3) is 13.4. The van der Waals surface area contributed by atoms with Crippen LogP contribution in [0.15, 0.2) is 54.9 Å². The Bertz CT molecular complexity index is 1910. The first kappa shape index (κ1) is 43.8. The number of amides is 2. The number of anilines is 4. The van der Waals surface area contributed by atoms with Crippen LogP contribution in [0.25, 0.3) is 22.2 Å². The van der Waals surface area contributed by atoms with Crippen molar-refractivity contribution in [2.75, 3.05) is 89.8 Å². The molecule has 0 fully saturated rings. The summed E-state index contributed by atoms with van der Waals surface area (Å²) in [7, 11) is 7.70. The largest absolute Gasteiger partial charge is 0.494 e. The van der Waals surface area contributed by atoms with Crippen molar-refractivity contribution in [2.24, 2.45) is 7.05 Å². The van der Waals surface area contributed by atoms with Gasteiger partial charge in [0.1, 0.15) is 11.4 Å². The molecule has 15 nitrogen and oxygen atoms in total. The molecule has 0 bridgehead atoms. The predicted octanol–water partition coefficient (Wildman–Crippen LogP) is 7.46. The van der Waals surface area contributed by atoms with Crippen LogP contribution in [0.3, 0.4) is 0 Å². The van der Waals surface area contributed by atoms with Gasteiger partial charge < -0.3 is 38.6 Å². The van der Waals surface area contributed by atoms with E-state index in [0.717, 1.165) is 39.0 Å². The monoisotopic (exact) mass is 792 g/mol. The van der Waals surface area contributed by atoms with Gasteiger partial charge >= 0.3 is 12.2 Å². The Kier molecular flexibility index (Phi) is 15.5. The van der Waals surface area contributed by atoms with Crippen LogP contribution >= 0.6 is 0 Å². The molecule has 2 N–H and O–H groups in total. The highest BCUT2D eigenvalue weighted by Crippen LogP contribution is 2.38. The molecule has 0 spiro atoms. The minimum absolute atomic E-state index is 0.215. The predicted molar refractivity (Wildman–Crippen MR) is 225 cm³/mol. The maximum absolute atomic E-state index is 13.1. The van der Waals surface area contributed by atoms with Crippen molar-refractivity contribution in [1.29, 1.82) is 0 Å². The zero-order valence-electron chi connectivity index (χ0n) is 34.9. The number of hydroxylamine groups is 2. The number of carbonyl (C=O) groups excluding carboxylic acids is 2. The summed E-state index contributed by atoms with van der Waals surface area (Å²) in [5.74, 6) is 0.925. The van der Waals surface area contributed by atoms with Gasteiger partial charge in [-0.2, -0.15) is 5.06 Å². The van der Waals surface area contributed by atoms with Crippen LogP contribution in [0, 0.1) is 0 Å². The molecule has 4 rings (SSSR count). The highest BCUT2D eigenvalue weighted by atomic mass is 28.3. The first-order valence-corrected chi connectivity index (χ1v) is 22.5. The van der Waals surface area contributed by atoms with Crippen molar-refractivity contribution in [3.8, 4) is 17.0 Å². The number of nitrogens with zero attached hydrogens (tertiary/aromatic N) is 6. The Balaban J connectivity index is 1.43. The first-order valence-electron chi connectivity index (χ1n) is 18.8. The number of methoxy groups -OCH3 is 1. The lowest BCUT2D eigenvalue weighted by atomic mass is 10.1. The molecule has 2 aromatic carbocycles. The zero-order chi connectivity index (χ0) is 41.0. The molecule has 0 radical (unpaired) electrons. The van der Waals surface area contributed by atoms with Crippen LogP contribution in [-0.4, -0.2) is 125 Å². The molecule has 0 saturated heterocycles. The second-order valence-corrected chi connectivity index (χ2v) is 21.5. The van der Waals surface area contributed by atoms with E-state index in [9.17, 15) is 9.59 Å². The number of aromatic nitrogens is 3. The number of hydrogen-bond donors (Lipinski definition) is 2. The second kappa shape index (κ2) is 19.8. The van der Waals surface area contributed by atoms with E-state index in [0.29, 0.717) is 62.5 Å². The number of benzene rings is 2. The van der Waals surface area contributed by atoms with Gasteiger partial charge in [-0.15, -0.1) is 0 Å². The summed E-state index contributed by atoms with van der Waals surface area (Å²) >= 11 is 0. The number of likely N-dealkylation sites (N-methyl/N-ethyl adjacent to an activating group) is 2. The van der Waals surface area contributed by atoms with E-state index in [-0.39, 0.29) is 6.61 Å². The fourth-order valence-electron chi connectivity index (χ4n) is 5.57. The molecule has 0 atom stereocenters. The fourth-order valence-corrected chi connectivity index (χ4v) is 6.28. The average molecular weight is 793 g/mol. The Hall–Kier alpha value is -4.90.